The molecule has 2 atom stereocenters. The van der Waals surface area contributed by atoms with E-state index in [2.05, 4.69) is 0 Å². The van der Waals surface area contributed by atoms with Crippen LogP contribution in [0.5, 0.6) is 0 Å². The standard InChI is InChI=1S/C18H20Cl2N2O2S.ClH/c19-17-7-6-13(8-18(17)20)12-25(23,24)22-10-15(9-21)16(11-22)14-4-2-1-3-5-14;/h1-8,15-16H,9-12,21H2;1H/t15-,16+;/m1./s1. The maximum absolute atomic E-state index is 12.8. The Hall–Kier alpha value is -0.820. The van der Waals surface area contributed by atoms with Crippen molar-refractivity contribution in [3.8, 4) is 0 Å². The Morgan fingerprint density at radius 3 is 2.35 bits per heavy atom. The molecule has 1 aliphatic rings. The summed E-state index contributed by atoms with van der Waals surface area (Å²) in [5.74, 6) is 0.142. The summed E-state index contributed by atoms with van der Waals surface area (Å²) >= 11 is 11.9. The molecule has 2 aromatic carbocycles. The largest absolute Gasteiger partial charge is 0.330 e. The molecule has 0 unspecified atom stereocenters. The van der Waals surface area contributed by atoms with Gasteiger partial charge in [-0.1, -0.05) is 59.6 Å². The second kappa shape index (κ2) is 8.91. The zero-order valence-corrected chi connectivity index (χ0v) is 17.2. The molecule has 1 fully saturated rings. The first-order valence-corrected chi connectivity index (χ1v) is 10.4. The summed E-state index contributed by atoms with van der Waals surface area (Å²) in [6, 6.07) is 14.9. The molecule has 1 saturated heterocycles. The van der Waals surface area contributed by atoms with E-state index in [1.807, 2.05) is 30.3 Å². The van der Waals surface area contributed by atoms with Crippen molar-refractivity contribution in [1.29, 1.82) is 0 Å². The molecule has 8 heteroatoms. The highest BCUT2D eigenvalue weighted by atomic mass is 35.5. The topological polar surface area (TPSA) is 63.4 Å². The Bertz CT molecular complexity index is 847. The zero-order chi connectivity index (χ0) is 18.0. The van der Waals surface area contributed by atoms with E-state index >= 15 is 0 Å². The SMILES string of the molecule is Cl.NC[C@@H]1CN(S(=O)(=O)Cc2ccc(Cl)c(Cl)c2)C[C@H]1c1ccccc1. The Kier molecular flexibility index (Phi) is 7.36. The lowest BCUT2D eigenvalue weighted by Gasteiger charge is -2.17. The van der Waals surface area contributed by atoms with Crippen LogP contribution in [0.3, 0.4) is 0 Å². The summed E-state index contributed by atoms with van der Waals surface area (Å²) in [7, 11) is -3.45. The average molecular weight is 436 g/mol. The molecule has 0 bridgehead atoms. The van der Waals surface area contributed by atoms with E-state index in [0.29, 0.717) is 35.2 Å². The summed E-state index contributed by atoms with van der Waals surface area (Å²) < 4.78 is 27.2. The van der Waals surface area contributed by atoms with Gasteiger partial charge in [-0.05, 0) is 35.7 Å². The quantitative estimate of drug-likeness (QED) is 0.774. The molecule has 1 aliphatic heterocycles. The van der Waals surface area contributed by atoms with Crippen LogP contribution in [0.25, 0.3) is 0 Å². The third-order valence-corrected chi connectivity index (χ3v) is 7.19. The predicted octanol–water partition coefficient (Wildman–Crippen LogP) is 3.92. The Labute approximate surface area is 170 Å². The van der Waals surface area contributed by atoms with Crippen LogP contribution >= 0.6 is 35.6 Å². The van der Waals surface area contributed by atoms with E-state index in [1.165, 1.54) is 0 Å². The van der Waals surface area contributed by atoms with Gasteiger partial charge in [-0.2, -0.15) is 0 Å². The lowest BCUT2D eigenvalue weighted by Crippen LogP contribution is -2.31. The second-order valence-corrected chi connectivity index (χ2v) is 9.12. The van der Waals surface area contributed by atoms with Crippen molar-refractivity contribution >= 4 is 45.6 Å². The minimum absolute atomic E-state index is 0. The first-order valence-electron chi connectivity index (χ1n) is 8.07. The molecule has 142 valence electrons. The zero-order valence-electron chi connectivity index (χ0n) is 14.0. The molecule has 0 aliphatic carbocycles. The molecule has 3 rings (SSSR count). The fourth-order valence-electron chi connectivity index (χ4n) is 3.31. The molecule has 0 aromatic heterocycles. The van der Waals surface area contributed by atoms with Gasteiger partial charge in [-0.3, -0.25) is 0 Å². The summed E-state index contributed by atoms with van der Waals surface area (Å²) in [4.78, 5) is 0. The highest BCUT2D eigenvalue weighted by molar-refractivity contribution is 7.88. The van der Waals surface area contributed by atoms with Gasteiger partial charge in [0.05, 0.1) is 15.8 Å². The van der Waals surface area contributed by atoms with E-state index < -0.39 is 10.0 Å². The number of sulfonamides is 1. The van der Waals surface area contributed by atoms with Gasteiger partial charge in [0.1, 0.15) is 0 Å². The lowest BCUT2D eigenvalue weighted by molar-refractivity contribution is 0.458. The lowest BCUT2D eigenvalue weighted by atomic mass is 9.89. The first kappa shape index (κ1) is 21.5. The van der Waals surface area contributed by atoms with Crippen molar-refractivity contribution in [1.82, 2.24) is 4.31 Å². The number of benzene rings is 2. The van der Waals surface area contributed by atoms with Crippen LogP contribution in [0, 0.1) is 5.92 Å². The number of nitrogens with zero attached hydrogens (tertiary/aromatic N) is 1. The Balaban J connectivity index is 0.00000243. The fourth-order valence-corrected chi connectivity index (χ4v) is 5.22. The van der Waals surface area contributed by atoms with Crippen molar-refractivity contribution in [2.75, 3.05) is 19.6 Å². The highest BCUT2D eigenvalue weighted by Gasteiger charge is 2.38. The monoisotopic (exact) mass is 434 g/mol. The number of rotatable bonds is 5. The maximum atomic E-state index is 12.8. The van der Waals surface area contributed by atoms with Crippen LogP contribution in [-0.2, 0) is 15.8 Å². The summed E-state index contributed by atoms with van der Waals surface area (Å²) in [6.07, 6.45) is 0. The smallest absolute Gasteiger partial charge is 0.218 e. The predicted molar refractivity (Wildman–Crippen MR) is 110 cm³/mol. The van der Waals surface area contributed by atoms with Gasteiger partial charge in [0.2, 0.25) is 10.0 Å². The number of hydrogen-bond acceptors (Lipinski definition) is 3. The summed E-state index contributed by atoms with van der Waals surface area (Å²) in [6.45, 7) is 1.35. The molecule has 2 aromatic rings. The van der Waals surface area contributed by atoms with Gasteiger partial charge in [0, 0.05) is 19.0 Å². The average Bonchev–Trinajstić information content (AvgIpc) is 3.04. The first-order chi connectivity index (χ1) is 11.9. The molecule has 2 N–H and O–H groups in total. The minimum atomic E-state index is -3.45. The number of hydrogen-bond donors (Lipinski definition) is 1. The van der Waals surface area contributed by atoms with Crippen LogP contribution in [-0.4, -0.2) is 32.4 Å². The van der Waals surface area contributed by atoms with E-state index in [4.69, 9.17) is 28.9 Å². The molecule has 0 amide bonds. The van der Waals surface area contributed by atoms with Gasteiger partial charge < -0.3 is 5.73 Å². The van der Waals surface area contributed by atoms with Crippen molar-refractivity contribution < 1.29 is 8.42 Å². The molecular formula is C18H21Cl3N2O2S. The van der Waals surface area contributed by atoms with E-state index in [9.17, 15) is 8.42 Å². The molecule has 4 nitrogen and oxygen atoms in total. The highest BCUT2D eigenvalue weighted by Crippen LogP contribution is 2.34. The maximum Gasteiger partial charge on any atom is 0.218 e. The van der Waals surface area contributed by atoms with Gasteiger partial charge in [-0.15, -0.1) is 12.4 Å². The molecule has 26 heavy (non-hydrogen) atoms. The third-order valence-electron chi connectivity index (χ3n) is 4.66. The van der Waals surface area contributed by atoms with E-state index in [1.54, 1.807) is 22.5 Å². The van der Waals surface area contributed by atoms with E-state index in [0.717, 1.165) is 5.56 Å². The normalized spacial score (nSPS) is 20.7. The van der Waals surface area contributed by atoms with Gasteiger partial charge >= 0.3 is 0 Å². The molecule has 0 saturated carbocycles. The number of halogens is 3. The second-order valence-electron chi connectivity index (χ2n) is 6.33. The molecule has 0 radical (unpaired) electrons. The third kappa shape index (κ3) is 4.71. The van der Waals surface area contributed by atoms with Crippen LogP contribution in [0.2, 0.25) is 10.0 Å². The van der Waals surface area contributed by atoms with Crippen LogP contribution in [0.4, 0.5) is 0 Å². The van der Waals surface area contributed by atoms with Crippen molar-refractivity contribution in [3.05, 3.63) is 69.7 Å². The number of nitrogens with two attached hydrogens (primary N) is 1. The van der Waals surface area contributed by atoms with Crippen LogP contribution in [0.1, 0.15) is 17.0 Å². The van der Waals surface area contributed by atoms with Crippen molar-refractivity contribution in [2.45, 2.75) is 11.7 Å². The van der Waals surface area contributed by atoms with E-state index in [-0.39, 0.29) is 30.0 Å². The molecule has 0 spiro atoms. The Morgan fingerprint density at radius 1 is 1.04 bits per heavy atom. The minimum Gasteiger partial charge on any atom is -0.330 e. The van der Waals surface area contributed by atoms with Gasteiger partial charge in [-0.25, -0.2) is 12.7 Å². The fraction of sp³-hybridized carbons (Fsp3) is 0.333. The van der Waals surface area contributed by atoms with Crippen LogP contribution in [0.15, 0.2) is 48.5 Å². The molecule has 1 heterocycles. The van der Waals surface area contributed by atoms with Crippen LogP contribution < -0.4 is 5.73 Å². The van der Waals surface area contributed by atoms with Crippen molar-refractivity contribution in [2.24, 2.45) is 11.7 Å². The summed E-state index contributed by atoms with van der Waals surface area (Å²) in [5.41, 5.74) is 7.66. The molecular weight excluding hydrogens is 415 g/mol. The summed E-state index contributed by atoms with van der Waals surface area (Å²) in [5, 5.41) is 0.772. The Morgan fingerprint density at radius 2 is 1.73 bits per heavy atom. The van der Waals surface area contributed by atoms with Crippen molar-refractivity contribution in [3.63, 3.8) is 0 Å². The van der Waals surface area contributed by atoms with Gasteiger partial charge in [0.15, 0.2) is 0 Å². The van der Waals surface area contributed by atoms with Gasteiger partial charge in [0.25, 0.3) is 0 Å².